The van der Waals surface area contributed by atoms with E-state index in [2.05, 4.69) is 5.32 Å². The van der Waals surface area contributed by atoms with Gasteiger partial charge in [-0.05, 0) is 24.5 Å². The third-order valence-electron chi connectivity index (χ3n) is 2.60. The second-order valence-electron chi connectivity index (χ2n) is 3.93. The van der Waals surface area contributed by atoms with Crippen LogP contribution in [0.3, 0.4) is 0 Å². The Kier molecular flexibility index (Phi) is 4.69. The van der Waals surface area contributed by atoms with Crippen LogP contribution in [0.1, 0.15) is 25.0 Å². The third-order valence-corrected chi connectivity index (χ3v) is 2.60. The first kappa shape index (κ1) is 13.2. The minimum Gasteiger partial charge on any atom is -0.480 e. The lowest BCUT2D eigenvalue weighted by Crippen LogP contribution is -2.39. The molecule has 4 heteroatoms. The predicted molar refractivity (Wildman–Crippen MR) is 64.8 cm³/mol. The summed E-state index contributed by atoms with van der Waals surface area (Å²) in [5, 5.41) is 11.1. The Labute approximate surface area is 101 Å². The van der Waals surface area contributed by atoms with Crippen LogP contribution in [0.2, 0.25) is 0 Å². The van der Waals surface area contributed by atoms with Crippen LogP contribution in [-0.2, 0) is 22.4 Å². The summed E-state index contributed by atoms with van der Waals surface area (Å²) >= 11 is 0. The zero-order valence-corrected chi connectivity index (χ0v) is 10.1. The Hall–Kier alpha value is -1.84. The third kappa shape index (κ3) is 3.90. The van der Waals surface area contributed by atoms with E-state index in [1.54, 1.807) is 0 Å². The quantitative estimate of drug-likeness (QED) is 0.810. The van der Waals surface area contributed by atoms with Gasteiger partial charge in [-0.15, -0.1) is 0 Å². The highest BCUT2D eigenvalue weighted by atomic mass is 16.4. The summed E-state index contributed by atoms with van der Waals surface area (Å²) in [7, 11) is 0. The van der Waals surface area contributed by atoms with Crippen molar-refractivity contribution < 1.29 is 14.7 Å². The van der Waals surface area contributed by atoms with Crippen LogP contribution in [-0.4, -0.2) is 23.0 Å². The van der Waals surface area contributed by atoms with E-state index >= 15 is 0 Å². The summed E-state index contributed by atoms with van der Waals surface area (Å²) < 4.78 is 0. The number of rotatable bonds is 5. The molecule has 0 heterocycles. The lowest BCUT2D eigenvalue weighted by molar-refractivity contribution is -0.141. The average molecular weight is 235 g/mol. The summed E-state index contributed by atoms with van der Waals surface area (Å²) in [6.45, 7) is 3.47. The van der Waals surface area contributed by atoms with Crippen molar-refractivity contribution in [2.24, 2.45) is 0 Å². The lowest BCUT2D eigenvalue weighted by atomic mass is 10.0. The second kappa shape index (κ2) is 6.03. The molecule has 0 saturated carbocycles. The standard InChI is InChI=1S/C13H17NO3/c1-3-10-6-4-5-7-11(10)8-12(15)14-9(2)13(16)17/h4-7,9H,3,8H2,1-2H3,(H,14,15)(H,16,17)/t9-/m1/s1. The number of benzene rings is 1. The summed E-state index contributed by atoms with van der Waals surface area (Å²) in [4.78, 5) is 22.2. The van der Waals surface area contributed by atoms with Crippen LogP contribution in [0, 0.1) is 0 Å². The van der Waals surface area contributed by atoms with Crippen LogP contribution in [0.4, 0.5) is 0 Å². The van der Waals surface area contributed by atoms with Crippen molar-refractivity contribution in [1.29, 1.82) is 0 Å². The van der Waals surface area contributed by atoms with Crippen LogP contribution in [0.15, 0.2) is 24.3 Å². The van der Waals surface area contributed by atoms with Gasteiger partial charge in [0.15, 0.2) is 0 Å². The van der Waals surface area contributed by atoms with Gasteiger partial charge in [0.1, 0.15) is 6.04 Å². The highest BCUT2D eigenvalue weighted by Gasteiger charge is 2.14. The number of hydrogen-bond acceptors (Lipinski definition) is 2. The Balaban J connectivity index is 2.65. The summed E-state index contributed by atoms with van der Waals surface area (Å²) in [5.41, 5.74) is 2.07. The first-order valence-electron chi connectivity index (χ1n) is 5.63. The van der Waals surface area contributed by atoms with Crippen LogP contribution < -0.4 is 5.32 Å². The van der Waals surface area contributed by atoms with Crippen LogP contribution >= 0.6 is 0 Å². The SMILES string of the molecule is CCc1ccccc1CC(=O)N[C@H](C)C(=O)O. The molecule has 92 valence electrons. The van der Waals surface area contributed by atoms with Gasteiger partial charge in [0, 0.05) is 0 Å². The fourth-order valence-corrected chi connectivity index (χ4v) is 1.60. The number of carbonyl (C=O) groups excluding carboxylic acids is 1. The monoisotopic (exact) mass is 235 g/mol. The fourth-order valence-electron chi connectivity index (χ4n) is 1.60. The number of nitrogens with one attached hydrogen (secondary N) is 1. The van der Waals surface area contributed by atoms with Gasteiger partial charge in [0.2, 0.25) is 5.91 Å². The van der Waals surface area contributed by atoms with Crippen molar-refractivity contribution in [1.82, 2.24) is 5.32 Å². The normalized spacial score (nSPS) is 11.9. The van der Waals surface area contributed by atoms with E-state index in [4.69, 9.17) is 5.11 Å². The maximum atomic E-state index is 11.6. The molecule has 0 aliphatic rings. The first-order chi connectivity index (χ1) is 8.04. The molecule has 0 radical (unpaired) electrons. The molecule has 4 nitrogen and oxygen atoms in total. The predicted octanol–water partition coefficient (Wildman–Crippen LogP) is 1.38. The molecule has 0 spiro atoms. The number of carbonyl (C=O) groups is 2. The number of aliphatic carboxylic acids is 1. The number of carboxylic acids is 1. The van der Waals surface area contributed by atoms with Gasteiger partial charge in [-0.2, -0.15) is 0 Å². The molecule has 17 heavy (non-hydrogen) atoms. The summed E-state index contributed by atoms with van der Waals surface area (Å²) in [5.74, 6) is -1.29. The highest BCUT2D eigenvalue weighted by molar-refractivity contribution is 5.84. The molecule has 1 aromatic rings. The molecule has 2 N–H and O–H groups in total. The largest absolute Gasteiger partial charge is 0.480 e. The zero-order chi connectivity index (χ0) is 12.8. The molecule has 1 amide bonds. The van der Waals surface area contributed by atoms with Gasteiger partial charge in [-0.1, -0.05) is 31.2 Å². The van der Waals surface area contributed by atoms with Crippen molar-refractivity contribution >= 4 is 11.9 Å². The van der Waals surface area contributed by atoms with Gasteiger partial charge in [-0.3, -0.25) is 9.59 Å². The van der Waals surface area contributed by atoms with E-state index in [1.807, 2.05) is 31.2 Å². The van der Waals surface area contributed by atoms with Crippen LogP contribution in [0.25, 0.3) is 0 Å². The minimum atomic E-state index is -1.03. The van der Waals surface area contributed by atoms with Gasteiger partial charge < -0.3 is 10.4 Å². The fraction of sp³-hybridized carbons (Fsp3) is 0.385. The molecule has 1 atom stereocenters. The average Bonchev–Trinajstić information content (AvgIpc) is 2.29. The zero-order valence-electron chi connectivity index (χ0n) is 10.1. The van der Waals surface area contributed by atoms with E-state index in [-0.39, 0.29) is 12.3 Å². The maximum absolute atomic E-state index is 11.6. The van der Waals surface area contributed by atoms with Crippen molar-refractivity contribution in [2.45, 2.75) is 32.7 Å². The number of amides is 1. The van der Waals surface area contributed by atoms with Crippen LogP contribution in [0.5, 0.6) is 0 Å². The molecule has 0 fully saturated rings. The molecule has 0 aliphatic heterocycles. The molecule has 0 aromatic heterocycles. The number of hydrogen-bond donors (Lipinski definition) is 2. The molecule has 1 rings (SSSR count). The summed E-state index contributed by atoms with van der Waals surface area (Å²) in [6, 6.07) is 6.83. The van der Waals surface area contributed by atoms with Gasteiger partial charge >= 0.3 is 5.97 Å². The Bertz CT molecular complexity index is 415. The molecular formula is C13H17NO3. The van der Waals surface area contributed by atoms with Gasteiger partial charge in [0.05, 0.1) is 6.42 Å². The molecule has 0 unspecified atom stereocenters. The maximum Gasteiger partial charge on any atom is 0.325 e. The van der Waals surface area contributed by atoms with E-state index in [0.717, 1.165) is 17.5 Å². The molecule has 0 aliphatic carbocycles. The Morgan fingerprint density at radius 1 is 1.29 bits per heavy atom. The van der Waals surface area contributed by atoms with Gasteiger partial charge in [0.25, 0.3) is 0 Å². The van der Waals surface area contributed by atoms with Crippen molar-refractivity contribution in [2.75, 3.05) is 0 Å². The van der Waals surface area contributed by atoms with Crippen molar-refractivity contribution in [3.05, 3.63) is 35.4 Å². The minimum absolute atomic E-state index is 0.224. The molecule has 0 saturated heterocycles. The second-order valence-corrected chi connectivity index (χ2v) is 3.93. The number of aryl methyl sites for hydroxylation is 1. The van der Waals surface area contributed by atoms with Crippen molar-refractivity contribution in [3.8, 4) is 0 Å². The smallest absolute Gasteiger partial charge is 0.325 e. The summed E-state index contributed by atoms with van der Waals surface area (Å²) in [6.07, 6.45) is 1.08. The van der Waals surface area contributed by atoms with E-state index in [0.29, 0.717) is 0 Å². The Morgan fingerprint density at radius 2 is 1.88 bits per heavy atom. The molecule has 1 aromatic carbocycles. The first-order valence-corrected chi connectivity index (χ1v) is 5.63. The molecular weight excluding hydrogens is 218 g/mol. The topological polar surface area (TPSA) is 66.4 Å². The number of carboxylic acid groups (broad SMARTS) is 1. The van der Waals surface area contributed by atoms with Crippen molar-refractivity contribution in [3.63, 3.8) is 0 Å². The van der Waals surface area contributed by atoms with E-state index < -0.39 is 12.0 Å². The lowest BCUT2D eigenvalue weighted by Gasteiger charge is -2.11. The van der Waals surface area contributed by atoms with E-state index in [9.17, 15) is 9.59 Å². The Morgan fingerprint density at radius 3 is 2.41 bits per heavy atom. The van der Waals surface area contributed by atoms with Gasteiger partial charge in [-0.25, -0.2) is 0 Å². The molecule has 0 bridgehead atoms. The highest BCUT2D eigenvalue weighted by Crippen LogP contribution is 2.10. The van der Waals surface area contributed by atoms with E-state index in [1.165, 1.54) is 6.92 Å².